The Morgan fingerprint density at radius 2 is 2.38 bits per heavy atom. The minimum Gasteiger partial charge on any atom is -0.438 e. The number of nitrogens with one attached hydrogen (secondary N) is 1. The van der Waals surface area contributed by atoms with Crippen molar-refractivity contribution >= 4 is 11.3 Å². The second-order valence-electron chi connectivity index (χ2n) is 4.12. The van der Waals surface area contributed by atoms with E-state index in [0.29, 0.717) is 12.5 Å². The van der Waals surface area contributed by atoms with Crippen LogP contribution in [0.4, 0.5) is 0 Å². The molecule has 0 aromatic carbocycles. The molecule has 4 heteroatoms. The molecule has 0 aliphatic carbocycles. The summed E-state index contributed by atoms with van der Waals surface area (Å²) in [5, 5.41) is 5.34. The molecule has 0 saturated carbocycles. The van der Waals surface area contributed by atoms with Gasteiger partial charge in [0.05, 0.1) is 17.6 Å². The van der Waals surface area contributed by atoms with Crippen LogP contribution in [0.25, 0.3) is 10.6 Å². The fraction of sp³-hybridized carbons (Fsp3) is 0.417. The lowest BCUT2D eigenvalue weighted by molar-refractivity contribution is 0.459. The van der Waals surface area contributed by atoms with Crippen LogP contribution in [0, 0.1) is 5.92 Å². The van der Waals surface area contributed by atoms with Crippen molar-refractivity contribution < 1.29 is 4.42 Å². The molecular formula is C12H16N2OS. The molecule has 2 rings (SSSR count). The van der Waals surface area contributed by atoms with Crippen molar-refractivity contribution in [3.63, 3.8) is 0 Å². The molecule has 0 radical (unpaired) electrons. The fourth-order valence-corrected chi connectivity index (χ4v) is 2.06. The summed E-state index contributed by atoms with van der Waals surface area (Å²) in [5.74, 6) is 2.26. The second kappa shape index (κ2) is 5.27. The Bertz CT molecular complexity index is 420. The van der Waals surface area contributed by atoms with Gasteiger partial charge in [0.2, 0.25) is 5.89 Å². The van der Waals surface area contributed by atoms with Crippen molar-refractivity contribution in [2.75, 3.05) is 6.54 Å². The molecule has 0 spiro atoms. The number of rotatable bonds is 5. The Balaban J connectivity index is 1.93. The van der Waals surface area contributed by atoms with Crippen molar-refractivity contribution in [2.24, 2.45) is 5.92 Å². The highest BCUT2D eigenvalue weighted by atomic mass is 32.1. The van der Waals surface area contributed by atoms with Crippen molar-refractivity contribution in [3.8, 4) is 10.6 Å². The lowest BCUT2D eigenvalue weighted by Gasteiger charge is -2.03. The Labute approximate surface area is 99.5 Å². The van der Waals surface area contributed by atoms with Gasteiger partial charge in [-0.3, -0.25) is 0 Å². The molecule has 0 amide bonds. The molecule has 2 aromatic heterocycles. The van der Waals surface area contributed by atoms with Gasteiger partial charge in [-0.2, -0.15) is 0 Å². The monoisotopic (exact) mass is 236 g/mol. The summed E-state index contributed by atoms with van der Waals surface area (Å²) in [5.41, 5.74) is 0. The minimum absolute atomic E-state index is 0.645. The topological polar surface area (TPSA) is 38.1 Å². The van der Waals surface area contributed by atoms with E-state index in [1.54, 1.807) is 17.5 Å². The molecule has 0 atom stereocenters. The molecule has 0 aliphatic heterocycles. The van der Waals surface area contributed by atoms with Crippen LogP contribution in [0.5, 0.6) is 0 Å². The first kappa shape index (κ1) is 11.4. The first-order valence-electron chi connectivity index (χ1n) is 5.45. The van der Waals surface area contributed by atoms with Gasteiger partial charge in [-0.15, -0.1) is 11.3 Å². The van der Waals surface area contributed by atoms with E-state index < -0.39 is 0 Å². The van der Waals surface area contributed by atoms with E-state index in [1.165, 1.54) is 0 Å². The lowest BCUT2D eigenvalue weighted by atomic mass is 10.2. The summed E-state index contributed by atoms with van der Waals surface area (Å²) in [6.07, 6.45) is 1.79. The van der Waals surface area contributed by atoms with E-state index in [4.69, 9.17) is 4.42 Å². The van der Waals surface area contributed by atoms with Crippen molar-refractivity contribution in [3.05, 3.63) is 29.6 Å². The third-order valence-corrected chi connectivity index (χ3v) is 3.03. The van der Waals surface area contributed by atoms with E-state index in [1.807, 2.05) is 17.5 Å². The lowest BCUT2D eigenvalue weighted by Crippen LogP contribution is -2.18. The maximum absolute atomic E-state index is 5.65. The zero-order valence-corrected chi connectivity index (χ0v) is 10.4. The van der Waals surface area contributed by atoms with Gasteiger partial charge in [-0.1, -0.05) is 19.9 Å². The molecule has 16 heavy (non-hydrogen) atoms. The maximum Gasteiger partial charge on any atom is 0.208 e. The predicted molar refractivity (Wildman–Crippen MR) is 66.4 cm³/mol. The van der Waals surface area contributed by atoms with E-state index in [2.05, 4.69) is 24.1 Å². The van der Waals surface area contributed by atoms with Crippen LogP contribution in [-0.4, -0.2) is 11.5 Å². The molecule has 0 aliphatic rings. The number of nitrogens with zero attached hydrogens (tertiary/aromatic N) is 1. The van der Waals surface area contributed by atoms with Crippen molar-refractivity contribution in [1.82, 2.24) is 10.3 Å². The number of thiophene rings is 1. The van der Waals surface area contributed by atoms with Gasteiger partial charge < -0.3 is 9.73 Å². The third kappa shape index (κ3) is 2.93. The van der Waals surface area contributed by atoms with Crippen molar-refractivity contribution in [2.45, 2.75) is 20.4 Å². The van der Waals surface area contributed by atoms with Crippen LogP contribution in [0.1, 0.15) is 19.7 Å². The summed E-state index contributed by atoms with van der Waals surface area (Å²) in [6.45, 7) is 6.04. The number of oxazole rings is 1. The molecule has 1 N–H and O–H groups in total. The summed E-state index contributed by atoms with van der Waals surface area (Å²) in [7, 11) is 0. The van der Waals surface area contributed by atoms with Gasteiger partial charge in [0.15, 0.2) is 5.76 Å². The van der Waals surface area contributed by atoms with Gasteiger partial charge in [0, 0.05) is 0 Å². The van der Waals surface area contributed by atoms with E-state index in [-0.39, 0.29) is 0 Å². The van der Waals surface area contributed by atoms with E-state index in [9.17, 15) is 0 Å². The molecule has 2 heterocycles. The standard InChI is InChI=1S/C12H16N2OS/c1-9(2)6-13-8-12-14-7-10(15-12)11-4-3-5-16-11/h3-5,7,9,13H,6,8H2,1-2H3. The molecule has 2 aromatic rings. The Kier molecular flexibility index (Phi) is 3.74. The van der Waals surface area contributed by atoms with Gasteiger partial charge >= 0.3 is 0 Å². The first-order valence-corrected chi connectivity index (χ1v) is 6.33. The molecule has 0 unspecified atom stereocenters. The molecule has 0 saturated heterocycles. The highest BCUT2D eigenvalue weighted by Gasteiger charge is 2.06. The molecule has 3 nitrogen and oxygen atoms in total. The summed E-state index contributed by atoms with van der Waals surface area (Å²) in [4.78, 5) is 5.37. The highest BCUT2D eigenvalue weighted by Crippen LogP contribution is 2.24. The number of hydrogen-bond acceptors (Lipinski definition) is 4. The van der Waals surface area contributed by atoms with Crippen LogP contribution < -0.4 is 5.32 Å². The zero-order valence-electron chi connectivity index (χ0n) is 9.56. The van der Waals surface area contributed by atoms with Gasteiger partial charge in [-0.25, -0.2) is 4.98 Å². The van der Waals surface area contributed by atoms with Crippen LogP contribution in [0.2, 0.25) is 0 Å². The third-order valence-electron chi connectivity index (χ3n) is 2.15. The SMILES string of the molecule is CC(C)CNCc1ncc(-c2cccs2)o1. The second-order valence-corrected chi connectivity index (χ2v) is 5.07. The average molecular weight is 236 g/mol. The first-order chi connectivity index (χ1) is 7.75. The zero-order chi connectivity index (χ0) is 11.4. The Morgan fingerprint density at radius 3 is 3.06 bits per heavy atom. The van der Waals surface area contributed by atoms with Crippen molar-refractivity contribution in [1.29, 1.82) is 0 Å². The molecular weight excluding hydrogens is 220 g/mol. The van der Waals surface area contributed by atoms with Gasteiger partial charge in [0.25, 0.3) is 0 Å². The van der Waals surface area contributed by atoms with Crippen LogP contribution in [-0.2, 0) is 6.54 Å². The maximum atomic E-state index is 5.65. The quantitative estimate of drug-likeness (QED) is 0.866. The van der Waals surface area contributed by atoms with Crippen LogP contribution in [0.3, 0.4) is 0 Å². The smallest absolute Gasteiger partial charge is 0.208 e. The molecule has 86 valence electrons. The summed E-state index contributed by atoms with van der Waals surface area (Å²) in [6, 6.07) is 4.05. The number of hydrogen-bond donors (Lipinski definition) is 1. The van der Waals surface area contributed by atoms with Gasteiger partial charge in [-0.05, 0) is 23.9 Å². The summed E-state index contributed by atoms with van der Waals surface area (Å²) >= 11 is 1.66. The van der Waals surface area contributed by atoms with Gasteiger partial charge in [0.1, 0.15) is 0 Å². The van der Waals surface area contributed by atoms with E-state index in [0.717, 1.165) is 23.1 Å². The fourth-order valence-electron chi connectivity index (χ4n) is 1.39. The van der Waals surface area contributed by atoms with Crippen LogP contribution >= 0.6 is 11.3 Å². The highest BCUT2D eigenvalue weighted by molar-refractivity contribution is 7.13. The average Bonchev–Trinajstić information content (AvgIpc) is 2.85. The molecule has 0 bridgehead atoms. The summed E-state index contributed by atoms with van der Waals surface area (Å²) < 4.78 is 5.65. The Morgan fingerprint density at radius 1 is 1.50 bits per heavy atom. The Hall–Kier alpha value is -1.13. The predicted octanol–water partition coefficient (Wildman–Crippen LogP) is 3.15. The largest absolute Gasteiger partial charge is 0.438 e. The molecule has 0 fully saturated rings. The number of aromatic nitrogens is 1. The minimum atomic E-state index is 0.645. The van der Waals surface area contributed by atoms with Crippen LogP contribution in [0.15, 0.2) is 28.1 Å². The normalized spacial score (nSPS) is 11.2. The van der Waals surface area contributed by atoms with E-state index >= 15 is 0 Å².